The Kier molecular flexibility index (Phi) is 4.33. The number of rotatable bonds is 4. The maximum atomic E-state index is 13.3. The molecular formula is C19H15F3N6O. The number of nitrogens with two attached hydrogens (primary N) is 1. The van der Waals surface area contributed by atoms with Crippen LogP contribution in [-0.4, -0.2) is 30.6 Å². The summed E-state index contributed by atoms with van der Waals surface area (Å²) in [5.41, 5.74) is 7.11. The molecule has 10 heteroatoms. The highest BCUT2D eigenvalue weighted by Crippen LogP contribution is 2.34. The van der Waals surface area contributed by atoms with Crippen molar-refractivity contribution < 1.29 is 18.0 Å². The van der Waals surface area contributed by atoms with Gasteiger partial charge in [0.05, 0.1) is 22.8 Å². The van der Waals surface area contributed by atoms with Crippen molar-refractivity contribution >= 4 is 16.9 Å². The molecule has 0 aliphatic heterocycles. The van der Waals surface area contributed by atoms with Gasteiger partial charge in [0.2, 0.25) is 0 Å². The lowest BCUT2D eigenvalue weighted by molar-refractivity contribution is -0.137. The summed E-state index contributed by atoms with van der Waals surface area (Å²) < 4.78 is 41.2. The summed E-state index contributed by atoms with van der Waals surface area (Å²) in [5.74, 6) is -0.770. The quantitative estimate of drug-likeness (QED) is 0.547. The number of fused-ring (bicyclic) bond motifs is 1. The second-order valence-electron chi connectivity index (χ2n) is 6.40. The number of hydrogen-bond donors (Lipinski definition) is 2. The molecule has 3 N–H and O–H groups in total. The van der Waals surface area contributed by atoms with Crippen molar-refractivity contribution in [3.63, 3.8) is 0 Å². The van der Waals surface area contributed by atoms with Gasteiger partial charge in [-0.3, -0.25) is 9.89 Å². The van der Waals surface area contributed by atoms with Crippen LogP contribution in [-0.2, 0) is 12.6 Å². The van der Waals surface area contributed by atoms with Gasteiger partial charge < -0.3 is 10.3 Å². The molecule has 29 heavy (non-hydrogen) atoms. The van der Waals surface area contributed by atoms with Crippen molar-refractivity contribution in [2.24, 2.45) is 5.73 Å². The number of hydrogen-bond acceptors (Lipinski definition) is 4. The summed E-state index contributed by atoms with van der Waals surface area (Å²) in [6, 6.07) is 4.94. The molecule has 3 aromatic heterocycles. The van der Waals surface area contributed by atoms with Gasteiger partial charge in [-0.1, -0.05) is 13.0 Å². The molecule has 0 spiro atoms. The SMILES string of the molecule is CCc1ccc(C(F)(F)F)cc1-n1cc(-c2ncnc3[nH]ncc23)cc1C(N)=O. The Morgan fingerprint density at radius 1 is 1.24 bits per heavy atom. The summed E-state index contributed by atoms with van der Waals surface area (Å²) in [5, 5.41) is 7.26. The molecule has 3 heterocycles. The van der Waals surface area contributed by atoms with Crippen LogP contribution in [0, 0.1) is 0 Å². The van der Waals surface area contributed by atoms with Crippen molar-refractivity contribution in [2.75, 3.05) is 0 Å². The first-order valence-corrected chi connectivity index (χ1v) is 8.66. The third kappa shape index (κ3) is 3.22. The average Bonchev–Trinajstić information content (AvgIpc) is 3.33. The third-order valence-electron chi connectivity index (χ3n) is 4.65. The van der Waals surface area contributed by atoms with Crippen molar-refractivity contribution in [3.05, 3.63) is 59.8 Å². The number of halogens is 3. The number of amides is 1. The number of carbonyl (C=O) groups excluding carboxylic acids is 1. The van der Waals surface area contributed by atoms with Crippen LogP contribution in [0.4, 0.5) is 13.2 Å². The summed E-state index contributed by atoms with van der Waals surface area (Å²) >= 11 is 0. The molecule has 0 radical (unpaired) electrons. The van der Waals surface area contributed by atoms with E-state index in [1.165, 1.54) is 29.2 Å². The van der Waals surface area contributed by atoms with Crippen LogP contribution >= 0.6 is 0 Å². The first-order chi connectivity index (χ1) is 13.8. The number of benzene rings is 1. The molecule has 0 saturated carbocycles. The number of alkyl halides is 3. The van der Waals surface area contributed by atoms with Crippen LogP contribution in [0.5, 0.6) is 0 Å². The van der Waals surface area contributed by atoms with E-state index in [9.17, 15) is 18.0 Å². The van der Waals surface area contributed by atoms with Crippen molar-refractivity contribution in [2.45, 2.75) is 19.5 Å². The van der Waals surface area contributed by atoms with Gasteiger partial charge in [0.15, 0.2) is 5.65 Å². The minimum absolute atomic E-state index is 0.0456. The molecule has 0 atom stereocenters. The van der Waals surface area contributed by atoms with Gasteiger partial charge >= 0.3 is 6.18 Å². The smallest absolute Gasteiger partial charge is 0.364 e. The number of nitrogens with zero attached hydrogens (tertiary/aromatic N) is 4. The minimum Gasteiger partial charge on any atom is -0.364 e. The number of aromatic nitrogens is 5. The van der Waals surface area contributed by atoms with E-state index in [4.69, 9.17) is 5.73 Å². The Balaban J connectivity index is 1.96. The fourth-order valence-corrected chi connectivity index (χ4v) is 3.24. The molecule has 0 saturated heterocycles. The molecular weight excluding hydrogens is 385 g/mol. The van der Waals surface area contributed by atoms with Gasteiger partial charge in [-0.25, -0.2) is 9.97 Å². The van der Waals surface area contributed by atoms with E-state index in [0.29, 0.717) is 34.3 Å². The second kappa shape index (κ2) is 6.73. The number of aromatic amines is 1. The molecule has 0 fully saturated rings. The molecule has 148 valence electrons. The lowest BCUT2D eigenvalue weighted by Gasteiger charge is -2.15. The molecule has 1 aromatic carbocycles. The highest BCUT2D eigenvalue weighted by molar-refractivity contribution is 5.96. The lowest BCUT2D eigenvalue weighted by Crippen LogP contribution is -2.17. The maximum Gasteiger partial charge on any atom is 0.416 e. The zero-order valence-electron chi connectivity index (χ0n) is 15.2. The highest BCUT2D eigenvalue weighted by Gasteiger charge is 2.31. The summed E-state index contributed by atoms with van der Waals surface area (Å²) in [6.45, 7) is 1.82. The molecule has 0 aliphatic carbocycles. The van der Waals surface area contributed by atoms with Gasteiger partial charge in [0.1, 0.15) is 12.0 Å². The predicted octanol–water partition coefficient (Wildman–Crippen LogP) is 3.49. The topological polar surface area (TPSA) is 102 Å². The monoisotopic (exact) mass is 400 g/mol. The summed E-state index contributed by atoms with van der Waals surface area (Å²) in [6.07, 6.45) is 0.369. The van der Waals surface area contributed by atoms with E-state index >= 15 is 0 Å². The zero-order chi connectivity index (χ0) is 20.8. The number of aryl methyl sites for hydroxylation is 1. The van der Waals surface area contributed by atoms with Crippen molar-refractivity contribution in [1.29, 1.82) is 0 Å². The fourth-order valence-electron chi connectivity index (χ4n) is 3.24. The molecule has 4 rings (SSSR count). The van der Waals surface area contributed by atoms with Crippen molar-refractivity contribution in [1.82, 2.24) is 24.7 Å². The van der Waals surface area contributed by atoms with Crippen LogP contribution in [0.1, 0.15) is 28.5 Å². The molecule has 0 bridgehead atoms. The van der Waals surface area contributed by atoms with Crippen LogP contribution in [0.2, 0.25) is 0 Å². The predicted molar refractivity (Wildman–Crippen MR) is 99.3 cm³/mol. The summed E-state index contributed by atoms with van der Waals surface area (Å²) in [4.78, 5) is 20.4. The lowest BCUT2D eigenvalue weighted by atomic mass is 10.1. The second-order valence-corrected chi connectivity index (χ2v) is 6.40. The van der Waals surface area contributed by atoms with Crippen LogP contribution in [0.25, 0.3) is 28.0 Å². The molecule has 0 unspecified atom stereocenters. The van der Waals surface area contributed by atoms with E-state index in [2.05, 4.69) is 20.2 Å². The Morgan fingerprint density at radius 3 is 2.72 bits per heavy atom. The average molecular weight is 400 g/mol. The van der Waals surface area contributed by atoms with Crippen LogP contribution < -0.4 is 5.73 Å². The Bertz CT molecular complexity index is 1220. The van der Waals surface area contributed by atoms with Gasteiger partial charge in [0, 0.05) is 17.4 Å². The van der Waals surface area contributed by atoms with Gasteiger partial charge in [0.25, 0.3) is 5.91 Å². The Hall–Kier alpha value is -3.69. The molecule has 0 aliphatic rings. The first-order valence-electron chi connectivity index (χ1n) is 8.66. The van der Waals surface area contributed by atoms with Crippen LogP contribution in [0.15, 0.2) is 43.0 Å². The largest absolute Gasteiger partial charge is 0.416 e. The van der Waals surface area contributed by atoms with Gasteiger partial charge in [-0.05, 0) is 30.2 Å². The number of H-pyrrole nitrogens is 1. The van der Waals surface area contributed by atoms with Gasteiger partial charge in [-0.2, -0.15) is 18.3 Å². The normalized spacial score (nSPS) is 11.9. The van der Waals surface area contributed by atoms with Gasteiger partial charge in [-0.15, -0.1) is 0 Å². The van der Waals surface area contributed by atoms with Crippen LogP contribution in [0.3, 0.4) is 0 Å². The Morgan fingerprint density at radius 2 is 2.03 bits per heavy atom. The minimum atomic E-state index is -4.51. The zero-order valence-corrected chi connectivity index (χ0v) is 15.2. The number of nitrogens with one attached hydrogen (secondary N) is 1. The van der Waals surface area contributed by atoms with Crippen molar-refractivity contribution in [3.8, 4) is 16.9 Å². The first kappa shape index (κ1) is 18.7. The fraction of sp³-hybridized carbons (Fsp3) is 0.158. The molecule has 1 amide bonds. The number of primary amides is 1. The Labute approximate surface area is 162 Å². The summed E-state index contributed by atoms with van der Waals surface area (Å²) in [7, 11) is 0. The standard InChI is InChI=1S/C19H15F3N6O/c1-2-10-3-4-12(19(20,21)22)6-14(10)28-8-11(5-15(28)17(23)29)16-13-7-26-27-18(13)25-9-24-16/h3-9H,2H2,1H3,(H2,23,29)(H,24,25,26,27). The third-order valence-corrected chi connectivity index (χ3v) is 4.65. The van der Waals surface area contributed by atoms with E-state index in [1.54, 1.807) is 6.20 Å². The van der Waals surface area contributed by atoms with E-state index in [0.717, 1.165) is 12.1 Å². The highest BCUT2D eigenvalue weighted by atomic mass is 19.4. The van der Waals surface area contributed by atoms with E-state index < -0.39 is 17.6 Å². The molecule has 7 nitrogen and oxygen atoms in total. The molecule has 4 aromatic rings. The van der Waals surface area contributed by atoms with E-state index in [-0.39, 0.29) is 11.4 Å². The van der Waals surface area contributed by atoms with E-state index in [1.807, 2.05) is 6.92 Å². The maximum absolute atomic E-state index is 13.3. The number of carbonyl (C=O) groups is 1.